The SMILES string of the molecule is COC(CNC(=O)c1ccc(C(C)N2C(=O)C(c3cc(Cl)cc(Cl)c3)=NC23CCC(C(C)(C)C)CC3)cc1)C(=O)O. The second-order valence-corrected chi connectivity index (χ2v) is 12.9. The van der Waals surface area contributed by atoms with Crippen LogP contribution in [-0.2, 0) is 14.3 Å². The number of benzene rings is 2. The minimum atomic E-state index is -1.15. The Labute approximate surface area is 251 Å². The van der Waals surface area contributed by atoms with E-state index in [2.05, 4.69) is 26.1 Å². The zero-order chi connectivity index (χ0) is 30.1. The van der Waals surface area contributed by atoms with Crippen molar-refractivity contribution in [3.05, 3.63) is 69.2 Å². The first-order chi connectivity index (χ1) is 19.3. The molecule has 1 saturated carbocycles. The molecule has 2 atom stereocenters. The monoisotopic (exact) mass is 601 g/mol. The summed E-state index contributed by atoms with van der Waals surface area (Å²) in [6.45, 7) is 8.59. The van der Waals surface area contributed by atoms with Crippen LogP contribution < -0.4 is 5.32 Å². The van der Waals surface area contributed by atoms with Crippen LogP contribution in [0.15, 0.2) is 47.5 Å². The molecule has 0 bridgehead atoms. The van der Waals surface area contributed by atoms with Crippen molar-refractivity contribution >= 4 is 46.7 Å². The third kappa shape index (κ3) is 6.60. The zero-order valence-electron chi connectivity index (χ0n) is 24.0. The molecule has 4 rings (SSSR count). The van der Waals surface area contributed by atoms with Crippen molar-refractivity contribution in [2.45, 2.75) is 71.2 Å². The molecular weight excluding hydrogens is 565 g/mol. The highest BCUT2D eigenvalue weighted by molar-refractivity contribution is 6.47. The summed E-state index contributed by atoms with van der Waals surface area (Å²) >= 11 is 12.6. The highest BCUT2D eigenvalue weighted by Gasteiger charge is 2.52. The molecule has 1 fully saturated rings. The maximum atomic E-state index is 14.1. The second kappa shape index (κ2) is 12.1. The van der Waals surface area contributed by atoms with Gasteiger partial charge in [0.2, 0.25) is 0 Å². The van der Waals surface area contributed by atoms with Gasteiger partial charge in [0.25, 0.3) is 11.8 Å². The van der Waals surface area contributed by atoms with Gasteiger partial charge in [0.15, 0.2) is 6.10 Å². The van der Waals surface area contributed by atoms with Gasteiger partial charge in [-0.15, -0.1) is 0 Å². The summed E-state index contributed by atoms with van der Waals surface area (Å²) in [4.78, 5) is 44.9. The van der Waals surface area contributed by atoms with Gasteiger partial charge in [0.1, 0.15) is 11.4 Å². The van der Waals surface area contributed by atoms with E-state index in [1.807, 2.05) is 24.0 Å². The van der Waals surface area contributed by atoms with Crippen LogP contribution in [0, 0.1) is 11.3 Å². The number of halogens is 2. The Balaban J connectivity index is 1.61. The molecule has 1 heterocycles. The van der Waals surface area contributed by atoms with Crippen LogP contribution in [0.1, 0.15) is 80.9 Å². The van der Waals surface area contributed by atoms with Crippen molar-refractivity contribution in [1.82, 2.24) is 10.2 Å². The highest BCUT2D eigenvalue weighted by atomic mass is 35.5. The summed E-state index contributed by atoms with van der Waals surface area (Å²) < 4.78 is 4.87. The first-order valence-electron chi connectivity index (χ1n) is 13.8. The molecule has 220 valence electrons. The Morgan fingerprint density at radius 3 is 2.22 bits per heavy atom. The number of methoxy groups -OCH3 is 1. The second-order valence-electron chi connectivity index (χ2n) is 12.0. The molecule has 2 N–H and O–H groups in total. The fraction of sp³-hybridized carbons (Fsp3) is 0.484. The lowest BCUT2D eigenvalue weighted by molar-refractivity contribution is -0.148. The number of rotatable bonds is 8. The Kier molecular flexibility index (Phi) is 9.16. The van der Waals surface area contributed by atoms with E-state index < -0.39 is 23.6 Å². The van der Waals surface area contributed by atoms with Crippen LogP contribution >= 0.6 is 23.2 Å². The number of carboxylic acids is 1. The lowest BCUT2D eigenvalue weighted by atomic mass is 9.69. The number of ether oxygens (including phenoxy) is 1. The van der Waals surface area contributed by atoms with Crippen molar-refractivity contribution < 1.29 is 24.2 Å². The number of carbonyl (C=O) groups is 3. The Hall–Kier alpha value is -2.94. The quantitative estimate of drug-likeness (QED) is 0.377. The summed E-state index contributed by atoms with van der Waals surface area (Å²) in [7, 11) is 1.28. The Morgan fingerprint density at radius 1 is 1.12 bits per heavy atom. The van der Waals surface area contributed by atoms with Crippen LogP contribution in [0.4, 0.5) is 0 Å². The van der Waals surface area contributed by atoms with E-state index in [9.17, 15) is 14.4 Å². The molecular formula is C31H37Cl2N3O5. The molecule has 2 unspecified atom stereocenters. The average molecular weight is 603 g/mol. The summed E-state index contributed by atoms with van der Waals surface area (Å²) in [5, 5.41) is 12.6. The first kappa shape index (κ1) is 31.0. The van der Waals surface area contributed by atoms with Gasteiger partial charge in [-0.3, -0.25) is 14.6 Å². The summed E-state index contributed by atoms with van der Waals surface area (Å²) in [5.41, 5.74) is 1.66. The van der Waals surface area contributed by atoms with Crippen molar-refractivity contribution in [3.63, 3.8) is 0 Å². The normalized spacial score (nSPS) is 22.4. The number of aliphatic imine (C=N–C) groups is 1. The van der Waals surface area contributed by atoms with E-state index in [4.69, 9.17) is 38.0 Å². The van der Waals surface area contributed by atoms with Crippen molar-refractivity contribution in [3.8, 4) is 0 Å². The van der Waals surface area contributed by atoms with Crippen LogP contribution in [-0.4, -0.2) is 58.9 Å². The smallest absolute Gasteiger partial charge is 0.334 e. The first-order valence-corrected chi connectivity index (χ1v) is 14.5. The van der Waals surface area contributed by atoms with Crippen molar-refractivity contribution in [1.29, 1.82) is 0 Å². The zero-order valence-corrected chi connectivity index (χ0v) is 25.6. The average Bonchev–Trinajstić information content (AvgIpc) is 3.18. The molecule has 41 heavy (non-hydrogen) atoms. The van der Waals surface area contributed by atoms with E-state index >= 15 is 0 Å². The van der Waals surface area contributed by atoms with E-state index in [1.54, 1.807) is 30.3 Å². The maximum absolute atomic E-state index is 14.1. The van der Waals surface area contributed by atoms with Crippen LogP contribution in [0.3, 0.4) is 0 Å². The molecule has 0 aromatic heterocycles. The molecule has 2 aromatic rings. The lowest BCUT2D eigenvalue weighted by Crippen LogP contribution is -2.50. The number of carboxylic acid groups (broad SMARTS) is 1. The molecule has 8 nitrogen and oxygen atoms in total. The molecule has 0 radical (unpaired) electrons. The molecule has 1 aliphatic heterocycles. The van der Waals surface area contributed by atoms with Crippen LogP contribution in [0.2, 0.25) is 10.0 Å². The lowest BCUT2D eigenvalue weighted by Gasteiger charge is -2.46. The number of aliphatic carboxylic acids is 1. The molecule has 2 aromatic carbocycles. The van der Waals surface area contributed by atoms with E-state index in [0.717, 1.165) is 31.2 Å². The largest absolute Gasteiger partial charge is 0.479 e. The topological polar surface area (TPSA) is 108 Å². The van der Waals surface area contributed by atoms with Gasteiger partial charge in [-0.1, -0.05) is 56.1 Å². The van der Waals surface area contributed by atoms with E-state index in [-0.39, 0.29) is 23.9 Å². The molecule has 10 heteroatoms. The Morgan fingerprint density at radius 2 is 1.71 bits per heavy atom. The summed E-state index contributed by atoms with van der Waals surface area (Å²) in [6.07, 6.45) is 2.25. The number of hydrogen-bond donors (Lipinski definition) is 2. The minimum Gasteiger partial charge on any atom is -0.479 e. The predicted octanol–water partition coefficient (Wildman–Crippen LogP) is 6.15. The van der Waals surface area contributed by atoms with Crippen molar-refractivity contribution in [2.75, 3.05) is 13.7 Å². The Bertz CT molecular complexity index is 1320. The number of nitrogens with zero attached hydrogens (tertiary/aromatic N) is 2. The van der Waals surface area contributed by atoms with Crippen LogP contribution in [0.25, 0.3) is 0 Å². The third-order valence-electron chi connectivity index (χ3n) is 8.39. The van der Waals surface area contributed by atoms with Crippen LogP contribution in [0.5, 0.6) is 0 Å². The molecule has 1 aliphatic carbocycles. The van der Waals surface area contributed by atoms with Gasteiger partial charge < -0.3 is 20.1 Å². The fourth-order valence-corrected chi connectivity index (χ4v) is 6.47. The number of hydrogen-bond acceptors (Lipinski definition) is 5. The third-order valence-corrected chi connectivity index (χ3v) is 8.82. The van der Waals surface area contributed by atoms with E-state index in [0.29, 0.717) is 32.8 Å². The fourth-order valence-electron chi connectivity index (χ4n) is 5.95. The molecule has 2 aliphatic rings. The van der Waals surface area contributed by atoms with Crippen molar-refractivity contribution in [2.24, 2.45) is 16.3 Å². The summed E-state index contributed by atoms with van der Waals surface area (Å²) in [6, 6.07) is 11.7. The molecule has 0 saturated heterocycles. The number of amides is 2. The van der Waals surface area contributed by atoms with Gasteiger partial charge in [-0.25, -0.2) is 4.79 Å². The van der Waals surface area contributed by atoms with E-state index in [1.165, 1.54) is 7.11 Å². The van der Waals surface area contributed by atoms with Gasteiger partial charge in [0.05, 0.1) is 12.6 Å². The predicted molar refractivity (Wildman–Crippen MR) is 160 cm³/mol. The minimum absolute atomic E-state index is 0.156. The number of carbonyl (C=O) groups excluding carboxylic acids is 2. The molecule has 1 spiro atoms. The number of nitrogens with one attached hydrogen (secondary N) is 1. The molecule has 2 amide bonds. The van der Waals surface area contributed by atoms with Gasteiger partial charge in [-0.2, -0.15) is 0 Å². The highest BCUT2D eigenvalue weighted by Crippen LogP contribution is 2.49. The standard InChI is InChI=1S/C31H37Cl2N3O5/c1-18(19-6-8-20(9-7-19)27(37)34-17-25(41-5)29(39)40)36-28(38)26(21-14-23(32)16-24(33)15-21)35-31(36)12-10-22(11-13-31)30(2,3)4/h6-9,14-16,18,22,25H,10-13,17H2,1-5H3,(H,34,37)(H,39,40). The van der Waals surface area contributed by atoms with Gasteiger partial charge in [-0.05, 0) is 79.8 Å². The summed E-state index contributed by atoms with van der Waals surface area (Å²) in [5.74, 6) is -1.22. The van der Waals surface area contributed by atoms with Gasteiger partial charge >= 0.3 is 5.97 Å². The van der Waals surface area contributed by atoms with Gasteiger partial charge in [0, 0.05) is 28.3 Å². The maximum Gasteiger partial charge on any atom is 0.334 e.